The topological polar surface area (TPSA) is 37.8 Å². The third-order valence-corrected chi connectivity index (χ3v) is 5.94. The molecule has 5 heteroatoms. The summed E-state index contributed by atoms with van der Waals surface area (Å²) in [5.74, 6) is 4.39. The zero-order valence-corrected chi connectivity index (χ0v) is 12.2. The fourth-order valence-corrected chi connectivity index (χ4v) is 4.56. The van der Waals surface area contributed by atoms with Crippen LogP contribution < -0.4 is 5.32 Å². The molecule has 17 heavy (non-hydrogen) atoms. The predicted molar refractivity (Wildman–Crippen MR) is 78.1 cm³/mol. The van der Waals surface area contributed by atoms with E-state index < -0.39 is 0 Å². The van der Waals surface area contributed by atoms with Crippen molar-refractivity contribution in [1.29, 1.82) is 0 Å². The number of aryl methyl sites for hydroxylation is 1. The second-order valence-electron chi connectivity index (χ2n) is 4.07. The maximum absolute atomic E-state index is 4.69. The summed E-state index contributed by atoms with van der Waals surface area (Å²) in [4.78, 5) is 9.31. The van der Waals surface area contributed by atoms with Crippen LogP contribution in [-0.4, -0.2) is 33.8 Å². The third-order valence-electron chi connectivity index (χ3n) is 2.86. The van der Waals surface area contributed by atoms with E-state index in [1.807, 2.05) is 36.6 Å². The molecule has 0 amide bonds. The number of thioether (sulfide) groups is 2. The van der Waals surface area contributed by atoms with Crippen LogP contribution in [-0.2, 0) is 6.42 Å². The Hall–Kier alpha value is -0.420. The van der Waals surface area contributed by atoms with Gasteiger partial charge < -0.3 is 5.32 Å². The molecule has 2 atom stereocenters. The third kappa shape index (κ3) is 3.07. The van der Waals surface area contributed by atoms with Gasteiger partial charge in [0.05, 0.1) is 5.25 Å². The van der Waals surface area contributed by atoms with E-state index in [0.717, 1.165) is 23.8 Å². The summed E-state index contributed by atoms with van der Waals surface area (Å²) in [6.07, 6.45) is 0.961. The van der Waals surface area contributed by atoms with Gasteiger partial charge in [-0.25, -0.2) is 9.97 Å². The molecule has 0 aliphatic carbocycles. The van der Waals surface area contributed by atoms with E-state index in [4.69, 9.17) is 0 Å². The lowest BCUT2D eigenvalue weighted by atomic mass is 10.2. The second kappa shape index (κ2) is 5.96. The number of rotatable bonds is 3. The van der Waals surface area contributed by atoms with E-state index >= 15 is 0 Å². The van der Waals surface area contributed by atoms with Crippen LogP contribution in [0.4, 0.5) is 5.82 Å². The quantitative estimate of drug-likeness (QED) is 0.913. The Morgan fingerprint density at radius 1 is 1.35 bits per heavy atom. The van der Waals surface area contributed by atoms with Gasteiger partial charge in [-0.15, -0.1) is 11.8 Å². The first kappa shape index (κ1) is 13.0. The number of anilines is 1. The molecule has 0 radical (unpaired) electrons. The SMILES string of the molecule is CCc1cc(NC)nc(C2SCCSC2C)n1. The first-order valence-corrected chi connectivity index (χ1v) is 8.13. The summed E-state index contributed by atoms with van der Waals surface area (Å²) in [7, 11) is 1.91. The van der Waals surface area contributed by atoms with Crippen LogP contribution in [0, 0.1) is 0 Å². The Kier molecular flexibility index (Phi) is 4.56. The van der Waals surface area contributed by atoms with E-state index in [-0.39, 0.29) is 0 Å². The zero-order valence-electron chi connectivity index (χ0n) is 10.6. The number of hydrogen-bond acceptors (Lipinski definition) is 5. The number of nitrogens with one attached hydrogen (secondary N) is 1. The summed E-state index contributed by atoms with van der Waals surface area (Å²) in [6.45, 7) is 4.42. The monoisotopic (exact) mass is 269 g/mol. The minimum atomic E-state index is 0.437. The summed E-state index contributed by atoms with van der Waals surface area (Å²) in [5, 5.41) is 4.17. The van der Waals surface area contributed by atoms with Gasteiger partial charge in [-0.1, -0.05) is 13.8 Å². The zero-order chi connectivity index (χ0) is 12.3. The van der Waals surface area contributed by atoms with Crippen molar-refractivity contribution < 1.29 is 0 Å². The van der Waals surface area contributed by atoms with Gasteiger partial charge in [0.15, 0.2) is 0 Å². The highest BCUT2D eigenvalue weighted by Crippen LogP contribution is 2.41. The van der Waals surface area contributed by atoms with Crippen LogP contribution in [0.1, 0.15) is 30.6 Å². The first-order chi connectivity index (χ1) is 8.24. The fourth-order valence-electron chi connectivity index (χ4n) is 1.87. The standard InChI is InChI=1S/C12H19N3S2/c1-4-9-7-10(13-3)15-12(14-9)11-8(2)16-5-6-17-11/h7-8,11H,4-6H2,1-3H3,(H,13,14,15). The van der Waals surface area contributed by atoms with Gasteiger partial charge in [-0.2, -0.15) is 11.8 Å². The number of aromatic nitrogens is 2. The van der Waals surface area contributed by atoms with Crippen molar-refractivity contribution in [3.8, 4) is 0 Å². The lowest BCUT2D eigenvalue weighted by Gasteiger charge is -2.27. The Bertz CT molecular complexity index is 362. The normalized spacial score (nSPS) is 24.6. The Labute approximate surface area is 112 Å². The van der Waals surface area contributed by atoms with Gasteiger partial charge in [-0.3, -0.25) is 0 Å². The second-order valence-corrected chi connectivity index (χ2v) is 6.81. The average molecular weight is 269 g/mol. The molecule has 94 valence electrons. The van der Waals surface area contributed by atoms with Crippen molar-refractivity contribution in [2.75, 3.05) is 23.9 Å². The fraction of sp³-hybridized carbons (Fsp3) is 0.667. The molecule has 0 spiro atoms. The van der Waals surface area contributed by atoms with Crippen molar-refractivity contribution in [3.05, 3.63) is 17.6 Å². The smallest absolute Gasteiger partial charge is 0.145 e. The molecule has 1 fully saturated rings. The van der Waals surface area contributed by atoms with E-state index in [1.54, 1.807) is 0 Å². The molecule has 0 aromatic carbocycles. The van der Waals surface area contributed by atoms with Crippen molar-refractivity contribution in [1.82, 2.24) is 9.97 Å². The summed E-state index contributed by atoms with van der Waals surface area (Å²) in [6, 6.07) is 2.04. The minimum absolute atomic E-state index is 0.437. The van der Waals surface area contributed by atoms with E-state index in [9.17, 15) is 0 Å². The maximum Gasteiger partial charge on any atom is 0.145 e. The van der Waals surface area contributed by atoms with Crippen LogP contribution >= 0.6 is 23.5 Å². The Morgan fingerprint density at radius 3 is 2.76 bits per heavy atom. The van der Waals surface area contributed by atoms with E-state index in [2.05, 4.69) is 29.1 Å². The van der Waals surface area contributed by atoms with Gasteiger partial charge in [0, 0.05) is 35.6 Å². The molecule has 1 aliphatic heterocycles. The molecular weight excluding hydrogens is 250 g/mol. The summed E-state index contributed by atoms with van der Waals surface area (Å²) >= 11 is 4.02. The van der Waals surface area contributed by atoms with Crippen LogP contribution in [0.3, 0.4) is 0 Å². The molecule has 1 N–H and O–H groups in total. The molecule has 1 saturated heterocycles. The first-order valence-electron chi connectivity index (χ1n) is 6.03. The molecular formula is C12H19N3S2. The lowest BCUT2D eigenvalue weighted by molar-refractivity contribution is 0.806. The van der Waals surface area contributed by atoms with Crippen molar-refractivity contribution in [2.45, 2.75) is 30.8 Å². The molecule has 2 heterocycles. The largest absolute Gasteiger partial charge is 0.373 e. The molecule has 3 nitrogen and oxygen atoms in total. The number of hydrogen-bond donors (Lipinski definition) is 1. The Morgan fingerprint density at radius 2 is 2.12 bits per heavy atom. The molecule has 1 aromatic rings. The summed E-state index contributed by atoms with van der Waals surface area (Å²) in [5.41, 5.74) is 1.13. The highest BCUT2D eigenvalue weighted by molar-refractivity contribution is 8.06. The maximum atomic E-state index is 4.69. The number of nitrogens with zero attached hydrogens (tertiary/aromatic N) is 2. The van der Waals surface area contributed by atoms with Crippen LogP contribution in [0.2, 0.25) is 0 Å². The minimum Gasteiger partial charge on any atom is -0.373 e. The van der Waals surface area contributed by atoms with E-state index in [1.165, 1.54) is 11.5 Å². The summed E-state index contributed by atoms with van der Waals surface area (Å²) < 4.78 is 0. The van der Waals surface area contributed by atoms with E-state index in [0.29, 0.717) is 10.5 Å². The van der Waals surface area contributed by atoms with Crippen molar-refractivity contribution >= 4 is 29.3 Å². The molecule has 1 aliphatic rings. The molecule has 1 aromatic heterocycles. The van der Waals surface area contributed by atoms with Gasteiger partial charge in [0.1, 0.15) is 11.6 Å². The van der Waals surface area contributed by atoms with Gasteiger partial charge >= 0.3 is 0 Å². The molecule has 0 saturated carbocycles. The molecule has 2 unspecified atom stereocenters. The van der Waals surface area contributed by atoms with Crippen LogP contribution in [0.5, 0.6) is 0 Å². The van der Waals surface area contributed by atoms with Gasteiger partial charge in [0.2, 0.25) is 0 Å². The van der Waals surface area contributed by atoms with Gasteiger partial charge in [0.25, 0.3) is 0 Å². The van der Waals surface area contributed by atoms with Crippen LogP contribution in [0.25, 0.3) is 0 Å². The van der Waals surface area contributed by atoms with Crippen molar-refractivity contribution in [3.63, 3.8) is 0 Å². The lowest BCUT2D eigenvalue weighted by Crippen LogP contribution is -2.19. The van der Waals surface area contributed by atoms with Gasteiger partial charge in [-0.05, 0) is 6.42 Å². The highest BCUT2D eigenvalue weighted by atomic mass is 32.2. The van der Waals surface area contributed by atoms with Crippen LogP contribution in [0.15, 0.2) is 6.07 Å². The highest BCUT2D eigenvalue weighted by Gasteiger charge is 2.27. The van der Waals surface area contributed by atoms with Crippen molar-refractivity contribution in [2.24, 2.45) is 0 Å². The predicted octanol–water partition coefficient (Wildman–Crippen LogP) is 2.99. The average Bonchev–Trinajstić information content (AvgIpc) is 2.38. The Balaban J connectivity index is 2.29. The molecule has 2 rings (SSSR count). The molecule has 0 bridgehead atoms.